The number of halogens is 1. The maximum Gasteiger partial charge on any atom is 0.134 e. The Morgan fingerprint density at radius 1 is 1.41 bits per heavy atom. The molecule has 1 aromatic rings. The molecule has 2 rings (SSSR count). The summed E-state index contributed by atoms with van der Waals surface area (Å²) in [6, 6.07) is 1.81. The SMILES string of the molecule is Cc1nc(Cl)cc(N(C)CC2CCOCC2)n1. The Kier molecular flexibility index (Phi) is 4.18. The Balaban J connectivity index is 2.00. The molecule has 0 radical (unpaired) electrons. The Labute approximate surface area is 107 Å². The van der Waals surface area contributed by atoms with Crippen LogP contribution in [0.2, 0.25) is 5.15 Å². The van der Waals surface area contributed by atoms with Crippen molar-refractivity contribution in [2.75, 3.05) is 31.7 Å². The highest BCUT2D eigenvalue weighted by Crippen LogP contribution is 2.20. The van der Waals surface area contributed by atoms with E-state index in [4.69, 9.17) is 16.3 Å². The fourth-order valence-corrected chi connectivity index (χ4v) is 2.34. The summed E-state index contributed by atoms with van der Waals surface area (Å²) in [7, 11) is 2.05. The first kappa shape index (κ1) is 12.6. The molecule has 0 unspecified atom stereocenters. The largest absolute Gasteiger partial charge is 0.381 e. The Bertz CT molecular complexity index is 360. The molecule has 2 heterocycles. The maximum atomic E-state index is 5.94. The van der Waals surface area contributed by atoms with Crippen molar-refractivity contribution >= 4 is 17.4 Å². The molecule has 0 aromatic carbocycles. The van der Waals surface area contributed by atoms with Gasteiger partial charge in [0.15, 0.2) is 0 Å². The van der Waals surface area contributed by atoms with Gasteiger partial charge in [0.2, 0.25) is 0 Å². The molecule has 5 heteroatoms. The summed E-state index contributed by atoms with van der Waals surface area (Å²) in [5.41, 5.74) is 0. The quantitative estimate of drug-likeness (QED) is 0.777. The van der Waals surface area contributed by atoms with Gasteiger partial charge in [-0.2, -0.15) is 0 Å². The molecule has 94 valence electrons. The molecule has 0 amide bonds. The minimum Gasteiger partial charge on any atom is -0.381 e. The summed E-state index contributed by atoms with van der Waals surface area (Å²) >= 11 is 5.94. The van der Waals surface area contributed by atoms with Crippen molar-refractivity contribution < 1.29 is 4.74 Å². The van der Waals surface area contributed by atoms with E-state index in [1.165, 1.54) is 0 Å². The lowest BCUT2D eigenvalue weighted by Gasteiger charge is -2.27. The topological polar surface area (TPSA) is 38.2 Å². The zero-order valence-corrected chi connectivity index (χ0v) is 11.1. The van der Waals surface area contributed by atoms with Crippen molar-refractivity contribution in [1.29, 1.82) is 0 Å². The van der Waals surface area contributed by atoms with Gasteiger partial charge in [-0.3, -0.25) is 0 Å². The third-order valence-corrected chi connectivity index (χ3v) is 3.25. The predicted molar refractivity (Wildman–Crippen MR) is 68.6 cm³/mol. The van der Waals surface area contributed by atoms with E-state index in [1.807, 2.05) is 20.0 Å². The number of aryl methyl sites for hydroxylation is 1. The minimum absolute atomic E-state index is 0.506. The summed E-state index contributed by atoms with van der Waals surface area (Å²) in [6.45, 7) is 4.61. The van der Waals surface area contributed by atoms with Crippen molar-refractivity contribution in [2.24, 2.45) is 5.92 Å². The van der Waals surface area contributed by atoms with E-state index in [0.29, 0.717) is 16.9 Å². The normalized spacial score (nSPS) is 17.1. The highest BCUT2D eigenvalue weighted by Gasteiger charge is 2.16. The van der Waals surface area contributed by atoms with Gasteiger partial charge in [-0.25, -0.2) is 9.97 Å². The van der Waals surface area contributed by atoms with Gasteiger partial charge in [-0.05, 0) is 25.7 Å². The number of nitrogens with zero attached hydrogens (tertiary/aromatic N) is 3. The van der Waals surface area contributed by atoms with Crippen LogP contribution in [0.1, 0.15) is 18.7 Å². The molecule has 1 aliphatic rings. The summed E-state index contributed by atoms with van der Waals surface area (Å²) in [6.07, 6.45) is 2.25. The summed E-state index contributed by atoms with van der Waals surface area (Å²) in [5.74, 6) is 2.29. The van der Waals surface area contributed by atoms with Crippen molar-refractivity contribution in [3.05, 3.63) is 17.0 Å². The van der Waals surface area contributed by atoms with Gasteiger partial charge in [-0.1, -0.05) is 11.6 Å². The third-order valence-electron chi connectivity index (χ3n) is 3.06. The Hall–Kier alpha value is -0.870. The predicted octanol–water partition coefficient (Wildman–Crippen LogP) is 2.30. The number of hydrogen-bond donors (Lipinski definition) is 0. The van der Waals surface area contributed by atoms with Gasteiger partial charge in [0.25, 0.3) is 0 Å². The number of rotatable bonds is 3. The van der Waals surface area contributed by atoms with Gasteiger partial charge in [0.05, 0.1) is 0 Å². The van der Waals surface area contributed by atoms with Crippen molar-refractivity contribution in [1.82, 2.24) is 9.97 Å². The van der Waals surface area contributed by atoms with Gasteiger partial charge in [0, 0.05) is 32.9 Å². The molecule has 0 bridgehead atoms. The highest BCUT2D eigenvalue weighted by molar-refractivity contribution is 6.29. The first-order chi connectivity index (χ1) is 8.15. The molecular formula is C12H18ClN3O. The summed E-state index contributed by atoms with van der Waals surface area (Å²) in [5, 5.41) is 0.506. The first-order valence-electron chi connectivity index (χ1n) is 5.95. The van der Waals surface area contributed by atoms with E-state index >= 15 is 0 Å². The maximum absolute atomic E-state index is 5.94. The van der Waals surface area contributed by atoms with Crippen molar-refractivity contribution in [3.63, 3.8) is 0 Å². The monoisotopic (exact) mass is 255 g/mol. The molecule has 4 nitrogen and oxygen atoms in total. The van der Waals surface area contributed by atoms with Crippen LogP contribution < -0.4 is 4.90 Å². The average molecular weight is 256 g/mol. The van der Waals surface area contributed by atoms with Crippen LogP contribution in [-0.2, 0) is 4.74 Å². The highest BCUT2D eigenvalue weighted by atomic mass is 35.5. The molecule has 1 aromatic heterocycles. The van der Waals surface area contributed by atoms with E-state index in [2.05, 4.69) is 14.9 Å². The molecule has 0 N–H and O–H groups in total. The van der Waals surface area contributed by atoms with Crippen molar-refractivity contribution in [2.45, 2.75) is 19.8 Å². The smallest absolute Gasteiger partial charge is 0.134 e. The number of ether oxygens (including phenoxy) is 1. The molecule has 1 fully saturated rings. The van der Waals surface area contributed by atoms with Gasteiger partial charge in [-0.15, -0.1) is 0 Å². The molecule has 0 spiro atoms. The van der Waals surface area contributed by atoms with Crippen molar-refractivity contribution in [3.8, 4) is 0 Å². The second-order valence-electron chi connectivity index (χ2n) is 4.53. The molecule has 17 heavy (non-hydrogen) atoms. The van der Waals surface area contributed by atoms with Crippen LogP contribution in [0.4, 0.5) is 5.82 Å². The third kappa shape index (κ3) is 3.54. The lowest BCUT2D eigenvalue weighted by Crippen LogP contribution is -2.30. The molecule has 1 aliphatic heterocycles. The van der Waals surface area contributed by atoms with E-state index in [-0.39, 0.29) is 0 Å². The summed E-state index contributed by atoms with van der Waals surface area (Å²) in [4.78, 5) is 10.6. The van der Waals surface area contributed by atoms with Gasteiger partial charge >= 0.3 is 0 Å². The fourth-order valence-electron chi connectivity index (χ4n) is 2.12. The molecule has 1 saturated heterocycles. The number of aromatic nitrogens is 2. The fraction of sp³-hybridized carbons (Fsp3) is 0.667. The van der Waals surface area contributed by atoms with E-state index in [0.717, 1.165) is 38.4 Å². The number of anilines is 1. The van der Waals surface area contributed by atoms with Gasteiger partial charge in [0.1, 0.15) is 16.8 Å². The molecule has 0 atom stereocenters. The van der Waals surface area contributed by atoms with Crippen LogP contribution in [0.3, 0.4) is 0 Å². The van der Waals surface area contributed by atoms with Crippen LogP contribution in [0.25, 0.3) is 0 Å². The Morgan fingerprint density at radius 3 is 2.76 bits per heavy atom. The van der Waals surface area contributed by atoms with Gasteiger partial charge < -0.3 is 9.64 Å². The zero-order chi connectivity index (χ0) is 12.3. The van der Waals surface area contributed by atoms with Crippen LogP contribution in [0.5, 0.6) is 0 Å². The van der Waals surface area contributed by atoms with E-state index in [1.54, 1.807) is 0 Å². The zero-order valence-electron chi connectivity index (χ0n) is 10.3. The van der Waals surface area contributed by atoms with Crippen LogP contribution in [0, 0.1) is 12.8 Å². The lowest BCUT2D eigenvalue weighted by atomic mass is 10.00. The second kappa shape index (κ2) is 5.65. The van der Waals surface area contributed by atoms with E-state index in [9.17, 15) is 0 Å². The minimum atomic E-state index is 0.506. The molecule has 0 saturated carbocycles. The van der Waals surface area contributed by atoms with E-state index < -0.39 is 0 Å². The number of hydrogen-bond acceptors (Lipinski definition) is 4. The van der Waals surface area contributed by atoms with Crippen LogP contribution >= 0.6 is 11.6 Å². The van der Waals surface area contributed by atoms with Crippen LogP contribution in [0.15, 0.2) is 6.07 Å². The molecular weight excluding hydrogens is 238 g/mol. The summed E-state index contributed by atoms with van der Waals surface area (Å²) < 4.78 is 5.36. The molecule has 0 aliphatic carbocycles. The average Bonchev–Trinajstić information content (AvgIpc) is 2.29. The van der Waals surface area contributed by atoms with Crippen LogP contribution in [-0.4, -0.2) is 36.8 Å². The second-order valence-corrected chi connectivity index (χ2v) is 4.92. The first-order valence-corrected chi connectivity index (χ1v) is 6.33. The Morgan fingerprint density at radius 2 is 2.12 bits per heavy atom. The lowest BCUT2D eigenvalue weighted by molar-refractivity contribution is 0.0685. The standard InChI is InChI=1S/C12H18ClN3O/c1-9-14-11(13)7-12(15-9)16(2)8-10-3-5-17-6-4-10/h7,10H,3-6,8H2,1-2H3.